The Kier molecular flexibility index (Phi) is 4.54. The first-order chi connectivity index (χ1) is 7.12. The van der Waals surface area contributed by atoms with E-state index in [1.807, 2.05) is 12.2 Å². The second-order valence-corrected chi connectivity index (χ2v) is 9.57. The van der Waals surface area contributed by atoms with Crippen LogP contribution in [-0.2, 0) is 0 Å². The average molecular weight is 417 g/mol. The lowest BCUT2D eigenvalue weighted by Gasteiger charge is -2.41. The molecule has 0 spiro atoms. The molecule has 0 saturated heterocycles. The molecule has 0 radical (unpaired) electrons. The fourth-order valence-corrected chi connectivity index (χ4v) is 2.64. The second kappa shape index (κ2) is 4.87. The fourth-order valence-electron chi connectivity index (χ4n) is 1.61. The number of hydrogen-bond acceptors (Lipinski definition) is 1. The predicted octanol–water partition coefficient (Wildman–Crippen LogP) is 4.53. The maximum absolute atomic E-state index is 10.7. The topological polar surface area (TPSA) is 20.2 Å². The van der Waals surface area contributed by atoms with Gasteiger partial charge in [0.15, 0.2) is 0 Å². The molecule has 1 atom stereocenters. The van der Waals surface area contributed by atoms with Gasteiger partial charge in [0.1, 0.15) is 8.83 Å². The molecule has 0 aliphatic heterocycles. The van der Waals surface area contributed by atoms with Crippen LogP contribution < -0.4 is 0 Å². The van der Waals surface area contributed by atoms with E-state index in [1.54, 1.807) is 0 Å². The van der Waals surface area contributed by atoms with Crippen LogP contribution in [-0.4, -0.2) is 19.3 Å². The van der Waals surface area contributed by atoms with E-state index >= 15 is 0 Å². The number of halogens is 3. The summed E-state index contributed by atoms with van der Waals surface area (Å²) in [5.41, 5.74) is 0.427. The predicted molar refractivity (Wildman–Crippen MR) is 80.6 cm³/mol. The van der Waals surface area contributed by atoms with Crippen molar-refractivity contribution in [2.75, 3.05) is 5.33 Å². The number of aliphatic hydroxyl groups is 1. The molecule has 0 aromatic heterocycles. The quantitative estimate of drug-likeness (QED) is 0.655. The van der Waals surface area contributed by atoms with Crippen molar-refractivity contribution in [3.63, 3.8) is 0 Å². The summed E-state index contributed by atoms with van der Waals surface area (Å²) < 4.78 is -0.533. The molecular formula is C12H17Br3O. The molecule has 1 unspecified atom stereocenters. The summed E-state index contributed by atoms with van der Waals surface area (Å²) in [5.74, 6) is 0. The van der Waals surface area contributed by atoms with Crippen LogP contribution in [0.15, 0.2) is 23.8 Å². The van der Waals surface area contributed by atoms with E-state index in [-0.39, 0.29) is 5.41 Å². The molecule has 1 nitrogen and oxygen atoms in total. The van der Waals surface area contributed by atoms with Crippen molar-refractivity contribution in [2.45, 2.75) is 36.0 Å². The van der Waals surface area contributed by atoms with Crippen molar-refractivity contribution in [1.29, 1.82) is 0 Å². The third-order valence-electron chi connectivity index (χ3n) is 2.89. The minimum absolute atomic E-state index is 0.0845. The highest BCUT2D eigenvalue weighted by Crippen LogP contribution is 2.47. The molecule has 0 heterocycles. The molecule has 0 amide bonds. The van der Waals surface area contributed by atoms with Gasteiger partial charge in [-0.05, 0) is 5.41 Å². The van der Waals surface area contributed by atoms with E-state index in [9.17, 15) is 5.11 Å². The highest BCUT2D eigenvalue weighted by molar-refractivity contribution is 9.26. The summed E-state index contributed by atoms with van der Waals surface area (Å²) in [4.78, 5) is 0. The Morgan fingerprint density at radius 3 is 2.38 bits per heavy atom. The van der Waals surface area contributed by atoms with Crippen LogP contribution >= 0.6 is 47.8 Å². The number of hydrogen-bond donors (Lipinski definition) is 1. The van der Waals surface area contributed by atoms with Crippen molar-refractivity contribution in [2.24, 2.45) is 5.41 Å². The van der Waals surface area contributed by atoms with E-state index < -0.39 is 8.83 Å². The fraction of sp³-hybridized carbons (Fsp3) is 0.667. The lowest BCUT2D eigenvalue weighted by atomic mass is 9.76. The van der Waals surface area contributed by atoms with Gasteiger partial charge in [0, 0.05) is 11.8 Å². The van der Waals surface area contributed by atoms with E-state index in [1.165, 1.54) is 5.57 Å². The third kappa shape index (κ3) is 3.01. The van der Waals surface area contributed by atoms with Crippen molar-refractivity contribution < 1.29 is 5.11 Å². The van der Waals surface area contributed by atoms with Gasteiger partial charge in [-0.2, -0.15) is 0 Å². The van der Waals surface area contributed by atoms with Gasteiger partial charge in [-0.15, -0.1) is 0 Å². The van der Waals surface area contributed by atoms with E-state index in [4.69, 9.17) is 0 Å². The molecule has 16 heavy (non-hydrogen) atoms. The zero-order valence-electron chi connectivity index (χ0n) is 9.73. The minimum atomic E-state index is -0.909. The van der Waals surface area contributed by atoms with Gasteiger partial charge < -0.3 is 5.11 Å². The third-order valence-corrected chi connectivity index (χ3v) is 7.17. The summed E-state index contributed by atoms with van der Waals surface area (Å²) in [6.45, 7) is 6.49. The van der Waals surface area contributed by atoms with E-state index in [0.29, 0.717) is 11.8 Å². The lowest BCUT2D eigenvalue weighted by molar-refractivity contribution is 0.0822. The second-order valence-electron chi connectivity index (χ2n) is 5.24. The van der Waals surface area contributed by atoms with Gasteiger partial charge in [-0.3, -0.25) is 0 Å². The Morgan fingerprint density at radius 1 is 1.38 bits per heavy atom. The zero-order valence-corrected chi connectivity index (χ0v) is 14.5. The van der Waals surface area contributed by atoms with Crippen molar-refractivity contribution in [3.05, 3.63) is 23.8 Å². The smallest absolute Gasteiger partial charge is 0.122 e. The average Bonchev–Trinajstić information content (AvgIpc) is 2.16. The number of rotatable bonds is 2. The highest BCUT2D eigenvalue weighted by Gasteiger charge is 2.46. The normalized spacial score (nSPS) is 26.8. The summed E-state index contributed by atoms with van der Waals surface area (Å²) >= 11 is 10.5. The van der Waals surface area contributed by atoms with Crippen LogP contribution in [0.25, 0.3) is 0 Å². The molecule has 1 aliphatic rings. The summed E-state index contributed by atoms with van der Waals surface area (Å²) in [5, 5.41) is 11.3. The van der Waals surface area contributed by atoms with Crippen LogP contribution in [0.1, 0.15) is 27.2 Å². The Bertz CT molecular complexity index is 326. The van der Waals surface area contributed by atoms with Crippen LogP contribution in [0, 0.1) is 5.41 Å². The molecule has 0 bridgehead atoms. The van der Waals surface area contributed by atoms with Gasteiger partial charge in [0.2, 0.25) is 0 Å². The number of alkyl halides is 3. The molecule has 1 N–H and O–H groups in total. The van der Waals surface area contributed by atoms with Crippen LogP contribution in [0.2, 0.25) is 0 Å². The summed E-state index contributed by atoms with van der Waals surface area (Å²) in [6, 6.07) is 0. The molecule has 0 saturated carbocycles. The van der Waals surface area contributed by atoms with Gasteiger partial charge in [-0.1, -0.05) is 92.4 Å². The van der Waals surface area contributed by atoms with Gasteiger partial charge in [-0.25, -0.2) is 0 Å². The Hall–Kier alpha value is 0.880. The van der Waals surface area contributed by atoms with Gasteiger partial charge >= 0.3 is 0 Å². The largest absolute Gasteiger partial charge is 0.383 e. The summed E-state index contributed by atoms with van der Waals surface area (Å²) in [6.07, 6.45) is 6.50. The standard InChI is InChI=1S/C12H17Br3O/c1-10(2,3)9-5-4-6-11(16,7-9)12(14,15)8-13/h4-6,16H,7-8H2,1-3H3. The SMILES string of the molecule is CC(C)(C)C1=CC=CC(O)(C(Br)(Br)CBr)C1. The molecule has 4 heteroatoms. The minimum Gasteiger partial charge on any atom is -0.383 e. The Morgan fingerprint density at radius 2 is 1.94 bits per heavy atom. The Balaban J connectivity index is 3.00. The van der Waals surface area contributed by atoms with Gasteiger partial charge in [0.25, 0.3) is 0 Å². The zero-order chi connectivity index (χ0) is 12.6. The molecule has 0 fully saturated rings. The summed E-state index contributed by atoms with van der Waals surface area (Å²) in [7, 11) is 0. The maximum atomic E-state index is 10.7. The van der Waals surface area contributed by atoms with Crippen molar-refractivity contribution in [1.82, 2.24) is 0 Å². The van der Waals surface area contributed by atoms with E-state index in [0.717, 1.165) is 0 Å². The Labute approximate surface area is 123 Å². The highest BCUT2D eigenvalue weighted by atomic mass is 79.9. The van der Waals surface area contributed by atoms with Crippen LogP contribution in [0.4, 0.5) is 0 Å². The lowest BCUT2D eigenvalue weighted by Crippen LogP contribution is -2.47. The first-order valence-electron chi connectivity index (χ1n) is 5.17. The van der Waals surface area contributed by atoms with Crippen molar-refractivity contribution in [3.8, 4) is 0 Å². The first kappa shape index (κ1) is 14.9. The molecule has 0 aromatic carbocycles. The van der Waals surface area contributed by atoms with Gasteiger partial charge in [0.05, 0.1) is 0 Å². The molecule has 1 aliphatic carbocycles. The molecule has 1 rings (SSSR count). The maximum Gasteiger partial charge on any atom is 0.122 e. The molecule has 0 aromatic rings. The first-order valence-corrected chi connectivity index (χ1v) is 7.88. The molecular weight excluding hydrogens is 400 g/mol. The van der Waals surface area contributed by atoms with Crippen molar-refractivity contribution >= 4 is 47.8 Å². The number of allylic oxidation sites excluding steroid dienone is 2. The monoisotopic (exact) mass is 414 g/mol. The molecule has 92 valence electrons. The van der Waals surface area contributed by atoms with E-state index in [2.05, 4.69) is 74.6 Å². The van der Waals surface area contributed by atoms with Crippen LogP contribution in [0.5, 0.6) is 0 Å². The van der Waals surface area contributed by atoms with Crippen LogP contribution in [0.3, 0.4) is 0 Å².